The van der Waals surface area contributed by atoms with Gasteiger partial charge in [-0.05, 0) is 31.5 Å². The van der Waals surface area contributed by atoms with E-state index in [4.69, 9.17) is 0 Å². The first-order valence-corrected chi connectivity index (χ1v) is 9.14. The number of carbonyl (C=O) groups is 1. The summed E-state index contributed by atoms with van der Waals surface area (Å²) in [5.74, 6) is -0.512. The van der Waals surface area contributed by atoms with Crippen LogP contribution in [-0.2, 0) is 14.8 Å². The molecular weight excluding hydrogens is 338 g/mol. The fourth-order valence-electron chi connectivity index (χ4n) is 2.04. The monoisotopic (exact) mass is 359 g/mol. The van der Waals surface area contributed by atoms with Crippen LogP contribution in [0.5, 0.6) is 0 Å². The Morgan fingerprint density at radius 3 is 2.12 bits per heavy atom. The van der Waals surface area contributed by atoms with Crippen molar-refractivity contribution in [2.75, 3.05) is 13.6 Å². The lowest BCUT2D eigenvalue weighted by Gasteiger charge is -2.16. The van der Waals surface area contributed by atoms with E-state index in [2.05, 4.69) is 10.5 Å². The molecule has 0 atom stereocenters. The minimum Gasteiger partial charge on any atom is -0.272 e. The number of rotatable bonds is 6. The third-order valence-electron chi connectivity index (χ3n) is 3.58. The first-order chi connectivity index (χ1) is 11.8. The smallest absolute Gasteiger partial charge is 0.255 e. The van der Waals surface area contributed by atoms with E-state index >= 15 is 0 Å². The summed E-state index contributed by atoms with van der Waals surface area (Å²) in [6.07, 6.45) is 1.51. The van der Waals surface area contributed by atoms with Gasteiger partial charge in [0.15, 0.2) is 0 Å². The van der Waals surface area contributed by atoms with Gasteiger partial charge in [0, 0.05) is 7.05 Å². The lowest BCUT2D eigenvalue weighted by atomic mass is 10.2. The number of nitrogens with zero attached hydrogens (tertiary/aromatic N) is 2. The second-order valence-corrected chi connectivity index (χ2v) is 7.82. The Morgan fingerprint density at radius 1 is 1.04 bits per heavy atom. The van der Waals surface area contributed by atoms with Crippen LogP contribution in [0.1, 0.15) is 16.7 Å². The molecule has 1 N–H and O–H groups in total. The minimum atomic E-state index is -3.71. The van der Waals surface area contributed by atoms with Crippen LogP contribution in [0.25, 0.3) is 0 Å². The fourth-order valence-corrected chi connectivity index (χ4v) is 3.17. The van der Waals surface area contributed by atoms with Gasteiger partial charge in [-0.25, -0.2) is 13.8 Å². The average molecular weight is 359 g/mol. The van der Waals surface area contributed by atoms with E-state index < -0.39 is 15.9 Å². The lowest BCUT2D eigenvalue weighted by molar-refractivity contribution is -0.121. The van der Waals surface area contributed by atoms with E-state index in [1.807, 2.05) is 38.1 Å². The number of hydrazone groups is 1. The van der Waals surface area contributed by atoms with Crippen LogP contribution in [0.2, 0.25) is 0 Å². The molecule has 0 radical (unpaired) electrons. The van der Waals surface area contributed by atoms with Crippen LogP contribution in [0.15, 0.2) is 58.5 Å². The Balaban J connectivity index is 1.95. The van der Waals surface area contributed by atoms with Crippen LogP contribution < -0.4 is 5.43 Å². The molecule has 1 amide bonds. The van der Waals surface area contributed by atoms with Crippen LogP contribution in [-0.4, -0.2) is 38.4 Å². The molecule has 0 aromatic heterocycles. The van der Waals surface area contributed by atoms with E-state index in [1.54, 1.807) is 12.1 Å². The predicted octanol–water partition coefficient (Wildman–Crippen LogP) is 2.07. The highest BCUT2D eigenvalue weighted by Crippen LogP contribution is 2.14. The third-order valence-corrected chi connectivity index (χ3v) is 5.39. The summed E-state index contributed by atoms with van der Waals surface area (Å²) in [6, 6.07) is 14.1. The molecule has 25 heavy (non-hydrogen) atoms. The summed E-state index contributed by atoms with van der Waals surface area (Å²) >= 11 is 0. The molecule has 0 saturated heterocycles. The number of aryl methyl sites for hydroxylation is 2. The summed E-state index contributed by atoms with van der Waals surface area (Å²) in [5.41, 5.74) is 5.26. The average Bonchev–Trinajstić information content (AvgIpc) is 2.57. The van der Waals surface area contributed by atoms with Crippen LogP contribution >= 0.6 is 0 Å². The molecule has 0 fully saturated rings. The van der Waals surface area contributed by atoms with Gasteiger partial charge >= 0.3 is 0 Å². The standard InChI is InChI=1S/C18H21N3O3S/c1-14-4-8-16(9-5-14)12-19-20-18(22)13-21(3)25(23,24)17-10-6-15(2)7-11-17/h4-12H,13H2,1-3H3,(H,20,22)/b19-12-. The number of carbonyl (C=O) groups excluding carboxylic acids is 1. The first kappa shape index (κ1) is 18.8. The summed E-state index contributed by atoms with van der Waals surface area (Å²) < 4.78 is 25.8. The Labute approximate surface area is 148 Å². The van der Waals surface area contributed by atoms with Crippen molar-refractivity contribution in [3.8, 4) is 0 Å². The van der Waals surface area contributed by atoms with Gasteiger partial charge in [-0.2, -0.15) is 9.41 Å². The minimum absolute atomic E-state index is 0.150. The van der Waals surface area contributed by atoms with Gasteiger partial charge in [0.1, 0.15) is 0 Å². The largest absolute Gasteiger partial charge is 0.272 e. The van der Waals surface area contributed by atoms with Gasteiger partial charge in [-0.15, -0.1) is 0 Å². The molecule has 0 aliphatic rings. The Morgan fingerprint density at radius 2 is 1.56 bits per heavy atom. The zero-order chi connectivity index (χ0) is 18.4. The van der Waals surface area contributed by atoms with Crippen molar-refractivity contribution in [3.05, 3.63) is 65.2 Å². The maximum atomic E-state index is 12.4. The molecule has 0 bridgehead atoms. The third kappa shape index (κ3) is 5.23. The number of likely N-dealkylation sites (N-methyl/N-ethyl adjacent to an activating group) is 1. The highest BCUT2D eigenvalue weighted by atomic mass is 32.2. The highest BCUT2D eigenvalue weighted by Gasteiger charge is 2.22. The van der Waals surface area contributed by atoms with Crippen molar-refractivity contribution in [3.63, 3.8) is 0 Å². The molecule has 2 aromatic carbocycles. The molecule has 0 aliphatic heterocycles. The van der Waals surface area contributed by atoms with Crippen molar-refractivity contribution in [2.45, 2.75) is 18.7 Å². The number of hydrogen-bond acceptors (Lipinski definition) is 4. The van der Waals surface area contributed by atoms with Gasteiger partial charge in [0.2, 0.25) is 10.0 Å². The fraction of sp³-hybridized carbons (Fsp3) is 0.222. The number of benzene rings is 2. The summed E-state index contributed by atoms with van der Waals surface area (Å²) in [4.78, 5) is 12.0. The van der Waals surface area contributed by atoms with Crippen LogP contribution in [0.3, 0.4) is 0 Å². The Hall–Kier alpha value is -2.51. The van der Waals surface area contributed by atoms with E-state index in [-0.39, 0.29) is 11.4 Å². The number of hydrogen-bond donors (Lipinski definition) is 1. The van der Waals surface area contributed by atoms with Crippen molar-refractivity contribution >= 4 is 22.1 Å². The van der Waals surface area contributed by atoms with Crippen molar-refractivity contribution in [1.82, 2.24) is 9.73 Å². The maximum absolute atomic E-state index is 12.4. The molecule has 0 aliphatic carbocycles. The molecule has 2 aromatic rings. The van der Waals surface area contributed by atoms with Crippen molar-refractivity contribution in [1.29, 1.82) is 0 Å². The van der Waals surface area contributed by atoms with Crippen molar-refractivity contribution < 1.29 is 13.2 Å². The molecule has 6 nitrogen and oxygen atoms in total. The summed E-state index contributed by atoms with van der Waals surface area (Å²) in [5, 5.41) is 3.84. The Bertz CT molecular complexity index is 857. The molecular formula is C18H21N3O3S. The SMILES string of the molecule is Cc1ccc(/C=N\NC(=O)CN(C)S(=O)(=O)c2ccc(C)cc2)cc1. The van der Waals surface area contributed by atoms with Crippen LogP contribution in [0.4, 0.5) is 0 Å². The van der Waals surface area contributed by atoms with E-state index in [1.165, 1.54) is 25.4 Å². The number of nitrogens with one attached hydrogen (secondary N) is 1. The maximum Gasteiger partial charge on any atom is 0.255 e. The normalized spacial score (nSPS) is 11.8. The van der Waals surface area contributed by atoms with E-state index in [9.17, 15) is 13.2 Å². The highest BCUT2D eigenvalue weighted by molar-refractivity contribution is 7.89. The van der Waals surface area contributed by atoms with E-state index in [0.29, 0.717) is 0 Å². The van der Waals surface area contributed by atoms with Gasteiger partial charge in [-0.1, -0.05) is 47.5 Å². The molecule has 132 valence electrons. The molecule has 0 unspecified atom stereocenters. The van der Waals surface area contributed by atoms with Crippen LogP contribution in [0, 0.1) is 13.8 Å². The van der Waals surface area contributed by atoms with Gasteiger partial charge in [0.25, 0.3) is 5.91 Å². The molecule has 7 heteroatoms. The van der Waals surface area contributed by atoms with Crippen molar-refractivity contribution in [2.24, 2.45) is 5.10 Å². The van der Waals surface area contributed by atoms with Gasteiger partial charge in [0.05, 0.1) is 17.7 Å². The molecule has 0 heterocycles. The molecule has 0 spiro atoms. The topological polar surface area (TPSA) is 78.8 Å². The predicted molar refractivity (Wildman–Crippen MR) is 97.9 cm³/mol. The zero-order valence-corrected chi connectivity index (χ0v) is 15.2. The zero-order valence-electron chi connectivity index (χ0n) is 14.4. The molecule has 2 rings (SSSR count). The summed E-state index contributed by atoms with van der Waals surface area (Å²) in [6.45, 7) is 3.54. The van der Waals surface area contributed by atoms with E-state index in [0.717, 1.165) is 21.0 Å². The second kappa shape index (κ2) is 8.04. The summed E-state index contributed by atoms with van der Waals surface area (Å²) in [7, 11) is -2.35. The number of amides is 1. The number of sulfonamides is 1. The Kier molecular flexibility index (Phi) is 6.06. The first-order valence-electron chi connectivity index (χ1n) is 7.70. The molecule has 0 saturated carbocycles. The lowest BCUT2D eigenvalue weighted by Crippen LogP contribution is -2.36. The van der Waals surface area contributed by atoms with Gasteiger partial charge in [-0.3, -0.25) is 4.79 Å². The van der Waals surface area contributed by atoms with Gasteiger partial charge < -0.3 is 0 Å². The quantitative estimate of drug-likeness (QED) is 0.633. The second-order valence-electron chi connectivity index (χ2n) is 5.78.